The summed E-state index contributed by atoms with van der Waals surface area (Å²) in [5, 5.41) is 12.4. The van der Waals surface area contributed by atoms with Gasteiger partial charge in [-0.25, -0.2) is 0 Å². The van der Waals surface area contributed by atoms with E-state index >= 15 is 0 Å². The van der Waals surface area contributed by atoms with Gasteiger partial charge in [-0.15, -0.1) is 0 Å². The topological polar surface area (TPSA) is 76.1 Å². The number of hydrogen-bond acceptors (Lipinski definition) is 5. The number of nitrogens with one attached hydrogen (secondary N) is 1. The van der Waals surface area contributed by atoms with Crippen molar-refractivity contribution in [3.8, 4) is 5.75 Å². The van der Waals surface area contributed by atoms with Crippen molar-refractivity contribution in [3.05, 3.63) is 48.5 Å². The summed E-state index contributed by atoms with van der Waals surface area (Å²) in [4.78, 5) is 30.4. The molecule has 0 bridgehead atoms. The Hall–Kier alpha value is -3.06. The largest absolute Gasteiger partial charge is 0.508 e. The van der Waals surface area contributed by atoms with Gasteiger partial charge in [0.15, 0.2) is 0 Å². The van der Waals surface area contributed by atoms with Crippen LogP contribution in [0, 0.1) is 0 Å². The van der Waals surface area contributed by atoms with Crippen LogP contribution in [0.5, 0.6) is 5.75 Å². The molecule has 2 fully saturated rings. The van der Waals surface area contributed by atoms with Crippen molar-refractivity contribution in [2.24, 2.45) is 0 Å². The van der Waals surface area contributed by atoms with Crippen LogP contribution < -0.4 is 15.1 Å². The van der Waals surface area contributed by atoms with Crippen molar-refractivity contribution < 1.29 is 14.7 Å². The normalized spacial score (nSPS) is 17.6. The minimum absolute atomic E-state index is 0.0342. The molecule has 2 heterocycles. The standard InChI is InChI=1S/C22H26N4O3/c27-20-9-7-18(8-10-20)25-14-12-24(13-15-25)16-21(28)23-17-3-5-19(6-4-17)26-11-1-2-22(26)29/h3-10,27H,1-2,11-16H2,(H,23,28). The van der Waals surface area contributed by atoms with E-state index in [0.717, 1.165) is 56.2 Å². The number of amides is 2. The third-order valence-electron chi connectivity index (χ3n) is 5.49. The molecule has 0 unspecified atom stereocenters. The Bertz CT molecular complexity index is 859. The molecular weight excluding hydrogens is 368 g/mol. The van der Waals surface area contributed by atoms with E-state index in [1.165, 1.54) is 0 Å². The quantitative estimate of drug-likeness (QED) is 0.814. The molecule has 2 aliphatic rings. The molecule has 0 aliphatic carbocycles. The molecule has 2 aromatic carbocycles. The summed E-state index contributed by atoms with van der Waals surface area (Å²) in [5.41, 5.74) is 2.72. The molecular formula is C22H26N4O3. The summed E-state index contributed by atoms with van der Waals surface area (Å²) in [6.45, 7) is 4.43. The predicted molar refractivity (Wildman–Crippen MR) is 113 cm³/mol. The number of nitrogens with zero attached hydrogens (tertiary/aromatic N) is 3. The number of benzene rings is 2. The Balaban J connectivity index is 1.25. The van der Waals surface area contributed by atoms with Crippen molar-refractivity contribution >= 4 is 28.9 Å². The number of phenols is 1. The van der Waals surface area contributed by atoms with E-state index in [4.69, 9.17) is 0 Å². The van der Waals surface area contributed by atoms with Gasteiger partial charge in [-0.2, -0.15) is 0 Å². The Labute approximate surface area is 170 Å². The smallest absolute Gasteiger partial charge is 0.238 e. The zero-order valence-electron chi connectivity index (χ0n) is 16.4. The summed E-state index contributed by atoms with van der Waals surface area (Å²) in [5.74, 6) is 0.394. The highest BCUT2D eigenvalue weighted by atomic mass is 16.3. The van der Waals surface area contributed by atoms with Crippen LogP contribution in [-0.4, -0.2) is 61.1 Å². The first kappa shape index (κ1) is 19.3. The van der Waals surface area contributed by atoms with Gasteiger partial charge in [-0.3, -0.25) is 14.5 Å². The molecule has 2 N–H and O–H groups in total. The van der Waals surface area contributed by atoms with Gasteiger partial charge in [0.2, 0.25) is 11.8 Å². The number of phenolic OH excluding ortho intramolecular Hbond substituents is 1. The minimum atomic E-state index is -0.0342. The SMILES string of the molecule is O=C(CN1CCN(c2ccc(O)cc2)CC1)Nc1ccc(N2CCCC2=O)cc1. The molecule has 4 rings (SSSR count). The highest BCUT2D eigenvalue weighted by molar-refractivity contribution is 5.96. The zero-order valence-corrected chi connectivity index (χ0v) is 16.4. The average Bonchev–Trinajstić information content (AvgIpc) is 3.16. The molecule has 0 spiro atoms. The van der Waals surface area contributed by atoms with Gasteiger partial charge in [0.25, 0.3) is 0 Å². The lowest BCUT2D eigenvalue weighted by Crippen LogP contribution is -2.48. The predicted octanol–water partition coefficient (Wildman–Crippen LogP) is 2.28. The second kappa shape index (κ2) is 8.53. The molecule has 2 aromatic rings. The number of aromatic hydroxyl groups is 1. The number of hydrogen-bond donors (Lipinski definition) is 2. The highest BCUT2D eigenvalue weighted by Crippen LogP contribution is 2.23. The van der Waals surface area contributed by atoms with E-state index < -0.39 is 0 Å². The van der Waals surface area contributed by atoms with Crippen LogP contribution in [0.4, 0.5) is 17.1 Å². The fraction of sp³-hybridized carbons (Fsp3) is 0.364. The maximum absolute atomic E-state index is 12.4. The monoisotopic (exact) mass is 394 g/mol. The van der Waals surface area contributed by atoms with E-state index in [-0.39, 0.29) is 17.6 Å². The van der Waals surface area contributed by atoms with Crippen LogP contribution >= 0.6 is 0 Å². The van der Waals surface area contributed by atoms with Gasteiger partial charge in [-0.05, 0) is 55.0 Å². The van der Waals surface area contributed by atoms with Crippen LogP contribution in [0.2, 0.25) is 0 Å². The summed E-state index contributed by atoms with van der Waals surface area (Å²) in [6.07, 6.45) is 1.51. The van der Waals surface area contributed by atoms with E-state index in [1.54, 1.807) is 17.0 Å². The molecule has 0 atom stereocenters. The van der Waals surface area contributed by atoms with E-state index in [0.29, 0.717) is 13.0 Å². The van der Waals surface area contributed by atoms with Crippen LogP contribution in [0.25, 0.3) is 0 Å². The average molecular weight is 394 g/mol. The van der Waals surface area contributed by atoms with Gasteiger partial charge in [0.05, 0.1) is 6.54 Å². The molecule has 7 nitrogen and oxygen atoms in total. The van der Waals surface area contributed by atoms with Gasteiger partial charge in [0.1, 0.15) is 5.75 Å². The van der Waals surface area contributed by atoms with Crippen molar-refractivity contribution in [1.29, 1.82) is 0 Å². The van der Waals surface area contributed by atoms with Crippen molar-refractivity contribution in [2.75, 3.05) is 54.4 Å². The minimum Gasteiger partial charge on any atom is -0.508 e. The number of rotatable bonds is 5. The number of carbonyl (C=O) groups is 2. The van der Waals surface area contributed by atoms with Gasteiger partial charge in [0, 0.05) is 56.2 Å². The third kappa shape index (κ3) is 4.68. The summed E-state index contributed by atoms with van der Waals surface area (Å²) >= 11 is 0. The Morgan fingerprint density at radius 2 is 1.55 bits per heavy atom. The Morgan fingerprint density at radius 3 is 2.17 bits per heavy atom. The van der Waals surface area contributed by atoms with Crippen molar-refractivity contribution in [3.63, 3.8) is 0 Å². The first-order valence-corrected chi connectivity index (χ1v) is 10.0. The third-order valence-corrected chi connectivity index (χ3v) is 5.49. The molecule has 29 heavy (non-hydrogen) atoms. The van der Waals surface area contributed by atoms with E-state index in [2.05, 4.69) is 15.1 Å². The van der Waals surface area contributed by atoms with Crippen LogP contribution in [-0.2, 0) is 9.59 Å². The van der Waals surface area contributed by atoms with Gasteiger partial charge < -0.3 is 20.2 Å². The second-order valence-electron chi connectivity index (χ2n) is 7.52. The Morgan fingerprint density at radius 1 is 0.897 bits per heavy atom. The summed E-state index contributed by atoms with van der Waals surface area (Å²) < 4.78 is 0. The summed E-state index contributed by atoms with van der Waals surface area (Å²) in [7, 11) is 0. The lowest BCUT2D eigenvalue weighted by Gasteiger charge is -2.35. The first-order valence-electron chi connectivity index (χ1n) is 10.0. The molecule has 2 saturated heterocycles. The fourth-order valence-corrected chi connectivity index (χ4v) is 3.88. The lowest BCUT2D eigenvalue weighted by atomic mass is 10.2. The Kier molecular flexibility index (Phi) is 5.67. The van der Waals surface area contributed by atoms with E-state index in [1.807, 2.05) is 36.4 Å². The second-order valence-corrected chi connectivity index (χ2v) is 7.52. The van der Waals surface area contributed by atoms with Gasteiger partial charge >= 0.3 is 0 Å². The van der Waals surface area contributed by atoms with Crippen molar-refractivity contribution in [1.82, 2.24) is 4.90 Å². The maximum atomic E-state index is 12.4. The van der Waals surface area contributed by atoms with E-state index in [9.17, 15) is 14.7 Å². The molecule has 2 aliphatic heterocycles. The van der Waals surface area contributed by atoms with Gasteiger partial charge in [-0.1, -0.05) is 0 Å². The van der Waals surface area contributed by atoms with Crippen LogP contribution in [0.1, 0.15) is 12.8 Å². The number of carbonyl (C=O) groups excluding carboxylic acids is 2. The number of anilines is 3. The molecule has 152 valence electrons. The van der Waals surface area contributed by atoms with Crippen molar-refractivity contribution in [2.45, 2.75) is 12.8 Å². The maximum Gasteiger partial charge on any atom is 0.238 e. The van der Waals surface area contributed by atoms with Crippen LogP contribution in [0.15, 0.2) is 48.5 Å². The lowest BCUT2D eigenvalue weighted by molar-refractivity contribution is -0.118. The first-order chi connectivity index (χ1) is 14.1. The van der Waals surface area contributed by atoms with Crippen LogP contribution in [0.3, 0.4) is 0 Å². The fourth-order valence-electron chi connectivity index (χ4n) is 3.88. The molecule has 0 saturated carbocycles. The molecule has 2 amide bonds. The molecule has 0 aromatic heterocycles. The molecule has 0 radical (unpaired) electrons. The zero-order chi connectivity index (χ0) is 20.2. The number of piperazine rings is 1. The summed E-state index contributed by atoms with van der Waals surface area (Å²) in [6, 6.07) is 14.7. The molecule has 7 heteroatoms. The highest BCUT2D eigenvalue weighted by Gasteiger charge is 2.22.